The zero-order chi connectivity index (χ0) is 22.9. The van der Waals surface area contributed by atoms with Gasteiger partial charge >= 0.3 is 5.97 Å². The van der Waals surface area contributed by atoms with E-state index in [0.29, 0.717) is 15.9 Å². The molecule has 0 bridgehead atoms. The molecule has 0 spiro atoms. The Balaban J connectivity index is 1.69. The fourth-order valence-electron chi connectivity index (χ4n) is 2.99. The van der Waals surface area contributed by atoms with Crippen molar-refractivity contribution in [3.8, 4) is 11.4 Å². The van der Waals surface area contributed by atoms with Gasteiger partial charge in [0.15, 0.2) is 5.16 Å². The van der Waals surface area contributed by atoms with Gasteiger partial charge in [0, 0.05) is 5.02 Å². The molecule has 3 aromatic rings. The lowest BCUT2D eigenvalue weighted by Gasteiger charge is -2.19. The van der Waals surface area contributed by atoms with E-state index in [1.54, 1.807) is 55.3 Å². The molecule has 2 aromatic carbocycles. The minimum Gasteiger partial charge on any atom is -0.497 e. The molecular weight excluding hydrogens is 452 g/mol. The Morgan fingerprint density at radius 2 is 2.03 bits per heavy atom. The van der Waals surface area contributed by atoms with Crippen LogP contribution in [0.15, 0.2) is 60.0 Å². The first-order valence-electron chi connectivity index (χ1n) is 9.87. The van der Waals surface area contributed by atoms with Crippen LogP contribution >= 0.6 is 23.4 Å². The van der Waals surface area contributed by atoms with Crippen LogP contribution in [0.2, 0.25) is 5.02 Å². The largest absolute Gasteiger partial charge is 0.497 e. The number of carbonyl (C=O) groups is 2. The first kappa shape index (κ1) is 23.6. The van der Waals surface area contributed by atoms with Crippen molar-refractivity contribution >= 4 is 35.2 Å². The van der Waals surface area contributed by atoms with Crippen molar-refractivity contribution in [1.29, 1.82) is 0 Å². The van der Waals surface area contributed by atoms with Crippen LogP contribution in [0.5, 0.6) is 5.75 Å². The number of methoxy groups -OCH3 is 1. The number of nitrogens with zero attached hydrogens (tertiary/aromatic N) is 3. The summed E-state index contributed by atoms with van der Waals surface area (Å²) in [5.41, 5.74) is 1.54. The number of benzene rings is 2. The quantitative estimate of drug-likeness (QED) is 0.352. The summed E-state index contributed by atoms with van der Waals surface area (Å²) in [6.07, 6.45) is 1.57. The summed E-state index contributed by atoms with van der Waals surface area (Å²) in [4.78, 5) is 24.8. The van der Waals surface area contributed by atoms with Crippen molar-refractivity contribution in [1.82, 2.24) is 20.1 Å². The van der Waals surface area contributed by atoms with E-state index in [1.807, 2.05) is 18.2 Å². The van der Waals surface area contributed by atoms with Crippen molar-refractivity contribution in [2.24, 2.45) is 0 Å². The van der Waals surface area contributed by atoms with Gasteiger partial charge in [0.1, 0.15) is 12.1 Å². The minimum atomic E-state index is -0.553. The number of aromatic nitrogens is 3. The Labute approximate surface area is 195 Å². The number of amides is 1. The molecule has 0 saturated heterocycles. The lowest BCUT2D eigenvalue weighted by molar-refractivity contribution is -0.143. The van der Waals surface area contributed by atoms with Crippen molar-refractivity contribution in [3.05, 3.63) is 65.4 Å². The molecule has 0 fully saturated rings. The Morgan fingerprint density at radius 1 is 1.22 bits per heavy atom. The summed E-state index contributed by atoms with van der Waals surface area (Å²) in [7, 11) is 1.56. The SMILES string of the molecule is CCOC(=O)CC(NC(=O)CSc1nncn1-c1cccc(Cl)c1)c1cccc(OC)c1. The molecule has 0 aliphatic heterocycles. The number of nitrogens with one attached hydrogen (secondary N) is 1. The van der Waals surface area contributed by atoms with Gasteiger partial charge in [-0.3, -0.25) is 14.2 Å². The van der Waals surface area contributed by atoms with E-state index < -0.39 is 12.0 Å². The third-order valence-corrected chi connectivity index (χ3v) is 5.62. The Kier molecular flexibility index (Phi) is 8.52. The Morgan fingerprint density at radius 3 is 2.78 bits per heavy atom. The van der Waals surface area contributed by atoms with Gasteiger partial charge in [0.05, 0.1) is 37.6 Å². The van der Waals surface area contributed by atoms with Crippen LogP contribution in [0, 0.1) is 0 Å². The second-order valence-electron chi connectivity index (χ2n) is 6.66. The van der Waals surface area contributed by atoms with Crippen LogP contribution in [0.4, 0.5) is 0 Å². The fourth-order valence-corrected chi connectivity index (χ4v) is 3.91. The van der Waals surface area contributed by atoms with Crippen molar-refractivity contribution in [2.75, 3.05) is 19.5 Å². The summed E-state index contributed by atoms with van der Waals surface area (Å²) >= 11 is 7.30. The smallest absolute Gasteiger partial charge is 0.308 e. The van der Waals surface area contributed by atoms with Gasteiger partial charge in [-0.1, -0.05) is 41.6 Å². The average Bonchev–Trinajstić information content (AvgIpc) is 3.26. The van der Waals surface area contributed by atoms with E-state index in [2.05, 4.69) is 15.5 Å². The van der Waals surface area contributed by atoms with Gasteiger partial charge in [0.25, 0.3) is 0 Å². The molecule has 10 heteroatoms. The van der Waals surface area contributed by atoms with Crippen molar-refractivity contribution < 1.29 is 19.1 Å². The molecule has 1 aromatic heterocycles. The fraction of sp³-hybridized carbons (Fsp3) is 0.273. The predicted octanol–water partition coefficient (Wildman–Crippen LogP) is 3.83. The van der Waals surface area contributed by atoms with E-state index in [4.69, 9.17) is 21.1 Å². The monoisotopic (exact) mass is 474 g/mol. The first-order chi connectivity index (χ1) is 15.5. The van der Waals surface area contributed by atoms with Crippen molar-refractivity contribution in [2.45, 2.75) is 24.5 Å². The number of esters is 1. The standard InChI is InChI=1S/C22H23ClN4O4S/c1-3-31-21(29)12-19(15-6-4-9-18(10-15)30-2)25-20(28)13-32-22-26-24-14-27(22)17-8-5-7-16(23)11-17/h4-11,14,19H,3,12-13H2,1-2H3,(H,25,28). The van der Waals surface area contributed by atoms with Crippen LogP contribution in [0.25, 0.3) is 5.69 Å². The molecule has 1 heterocycles. The molecule has 1 N–H and O–H groups in total. The topological polar surface area (TPSA) is 95.3 Å². The number of rotatable bonds is 10. The van der Waals surface area contributed by atoms with Gasteiger partial charge in [-0.05, 0) is 42.8 Å². The zero-order valence-corrected chi connectivity index (χ0v) is 19.2. The summed E-state index contributed by atoms with van der Waals surface area (Å²) in [6.45, 7) is 2.01. The highest BCUT2D eigenvalue weighted by Crippen LogP contribution is 2.24. The maximum atomic E-state index is 12.7. The molecule has 1 unspecified atom stereocenters. The molecule has 3 rings (SSSR count). The van der Waals surface area contributed by atoms with Crippen LogP contribution in [-0.2, 0) is 14.3 Å². The maximum Gasteiger partial charge on any atom is 0.308 e. The van der Waals surface area contributed by atoms with E-state index >= 15 is 0 Å². The van der Waals surface area contributed by atoms with Gasteiger partial charge in [0.2, 0.25) is 5.91 Å². The second kappa shape index (κ2) is 11.5. The van der Waals surface area contributed by atoms with Crippen LogP contribution in [-0.4, -0.2) is 46.1 Å². The van der Waals surface area contributed by atoms with Crippen molar-refractivity contribution in [3.63, 3.8) is 0 Å². The molecule has 0 aliphatic rings. The molecule has 168 valence electrons. The van der Waals surface area contributed by atoms with Gasteiger partial charge in [-0.2, -0.15) is 0 Å². The number of thioether (sulfide) groups is 1. The minimum absolute atomic E-state index is 0.0100. The number of hydrogen-bond donors (Lipinski definition) is 1. The number of halogens is 1. The van der Waals surface area contributed by atoms with Gasteiger partial charge < -0.3 is 14.8 Å². The number of ether oxygens (including phenoxy) is 2. The van der Waals surface area contributed by atoms with E-state index in [9.17, 15) is 9.59 Å². The van der Waals surface area contributed by atoms with E-state index in [0.717, 1.165) is 11.3 Å². The predicted molar refractivity (Wildman–Crippen MR) is 122 cm³/mol. The summed E-state index contributed by atoms with van der Waals surface area (Å²) in [5, 5.41) is 12.1. The van der Waals surface area contributed by atoms with Crippen LogP contribution in [0.1, 0.15) is 24.9 Å². The molecule has 8 nitrogen and oxygen atoms in total. The third-order valence-electron chi connectivity index (χ3n) is 4.44. The van der Waals surface area contributed by atoms with Crippen LogP contribution < -0.4 is 10.1 Å². The molecule has 32 heavy (non-hydrogen) atoms. The first-order valence-corrected chi connectivity index (χ1v) is 11.2. The number of carbonyl (C=O) groups excluding carboxylic acids is 2. The van der Waals surface area contributed by atoms with Gasteiger partial charge in [-0.15, -0.1) is 10.2 Å². The number of hydrogen-bond acceptors (Lipinski definition) is 7. The maximum absolute atomic E-state index is 12.7. The average molecular weight is 475 g/mol. The molecule has 0 aliphatic carbocycles. The summed E-state index contributed by atoms with van der Waals surface area (Å²) < 4.78 is 12.1. The molecular formula is C22H23ClN4O4S. The van der Waals surface area contributed by atoms with E-state index in [1.165, 1.54) is 11.8 Å². The second-order valence-corrected chi connectivity index (χ2v) is 8.04. The summed E-state index contributed by atoms with van der Waals surface area (Å²) in [5.74, 6) is 0.0686. The Hall–Kier alpha value is -3.04. The lowest BCUT2D eigenvalue weighted by atomic mass is 10.0. The normalized spacial score (nSPS) is 11.6. The zero-order valence-electron chi connectivity index (χ0n) is 17.7. The third kappa shape index (κ3) is 6.48. The highest BCUT2D eigenvalue weighted by atomic mass is 35.5. The molecule has 1 amide bonds. The van der Waals surface area contributed by atoms with Crippen LogP contribution in [0.3, 0.4) is 0 Å². The highest BCUT2D eigenvalue weighted by Gasteiger charge is 2.20. The molecule has 0 radical (unpaired) electrons. The Bertz CT molecular complexity index is 1080. The highest BCUT2D eigenvalue weighted by molar-refractivity contribution is 7.99. The lowest BCUT2D eigenvalue weighted by Crippen LogP contribution is -2.32. The summed E-state index contributed by atoms with van der Waals surface area (Å²) in [6, 6.07) is 13.9. The van der Waals surface area contributed by atoms with E-state index in [-0.39, 0.29) is 24.7 Å². The van der Waals surface area contributed by atoms with Gasteiger partial charge in [-0.25, -0.2) is 0 Å². The molecule has 0 saturated carbocycles. The molecule has 1 atom stereocenters.